The Kier molecular flexibility index (Phi) is 5.19. The van der Waals surface area contributed by atoms with Crippen molar-refractivity contribution in [3.8, 4) is 5.75 Å². The Morgan fingerprint density at radius 2 is 2.32 bits per heavy atom. The number of benzene rings is 1. The minimum absolute atomic E-state index is 0.149. The first kappa shape index (κ1) is 14.8. The molecule has 0 saturated carbocycles. The van der Waals surface area contributed by atoms with Crippen molar-refractivity contribution in [1.82, 2.24) is 4.98 Å². The summed E-state index contributed by atoms with van der Waals surface area (Å²) in [5.74, 6) is 0.703. The molecule has 0 saturated heterocycles. The molecule has 1 unspecified atom stereocenters. The van der Waals surface area contributed by atoms with Crippen LogP contribution in [0.2, 0.25) is 0 Å². The van der Waals surface area contributed by atoms with Gasteiger partial charge in [-0.1, -0.05) is 6.92 Å². The lowest BCUT2D eigenvalue weighted by Gasteiger charge is -2.16. The van der Waals surface area contributed by atoms with E-state index in [0.29, 0.717) is 16.1 Å². The van der Waals surface area contributed by atoms with Crippen LogP contribution in [0.25, 0.3) is 0 Å². The maximum Gasteiger partial charge on any atom is 0.150 e. The highest BCUT2D eigenvalue weighted by Crippen LogP contribution is 2.32. The van der Waals surface area contributed by atoms with Crippen molar-refractivity contribution in [2.24, 2.45) is 0 Å². The van der Waals surface area contributed by atoms with E-state index >= 15 is 0 Å². The second-order valence-electron chi connectivity index (χ2n) is 3.90. The smallest absolute Gasteiger partial charge is 0.150 e. The zero-order chi connectivity index (χ0) is 13.8. The van der Waals surface area contributed by atoms with Gasteiger partial charge in [-0.05, 0) is 40.5 Å². The predicted octanol–water partition coefficient (Wildman–Crippen LogP) is 5.31. The Morgan fingerprint density at radius 3 is 2.89 bits per heavy atom. The van der Waals surface area contributed by atoms with Crippen LogP contribution in [0.4, 0.5) is 4.39 Å². The van der Waals surface area contributed by atoms with Gasteiger partial charge >= 0.3 is 0 Å². The number of thiazole rings is 1. The van der Waals surface area contributed by atoms with Crippen LogP contribution < -0.4 is 4.74 Å². The first-order chi connectivity index (χ1) is 9.13. The van der Waals surface area contributed by atoms with Crippen LogP contribution in [0.3, 0.4) is 0 Å². The molecule has 0 bridgehead atoms. The molecule has 0 aliphatic rings. The van der Waals surface area contributed by atoms with E-state index in [2.05, 4.69) is 20.9 Å². The molecule has 0 N–H and O–H groups in total. The number of alkyl halides is 1. The van der Waals surface area contributed by atoms with Gasteiger partial charge in [-0.15, -0.1) is 22.9 Å². The van der Waals surface area contributed by atoms with Gasteiger partial charge in [0.05, 0.1) is 16.0 Å². The third-order valence-electron chi connectivity index (χ3n) is 2.52. The lowest BCUT2D eigenvalue weighted by molar-refractivity contribution is 0.199. The molecule has 2 nitrogen and oxygen atoms in total. The highest BCUT2D eigenvalue weighted by atomic mass is 79.9. The first-order valence-electron chi connectivity index (χ1n) is 5.76. The number of nitrogens with zero attached hydrogens (tertiary/aromatic N) is 1. The monoisotopic (exact) mass is 363 g/mol. The van der Waals surface area contributed by atoms with E-state index in [1.807, 2.05) is 12.3 Å². The first-order valence-corrected chi connectivity index (χ1v) is 7.96. The second kappa shape index (κ2) is 6.68. The number of aromatic nitrogens is 1. The van der Waals surface area contributed by atoms with Gasteiger partial charge in [0.2, 0.25) is 0 Å². The Hall–Kier alpha value is -0.650. The van der Waals surface area contributed by atoms with E-state index < -0.39 is 0 Å². The van der Waals surface area contributed by atoms with Crippen LogP contribution in [-0.2, 0) is 5.88 Å². The summed E-state index contributed by atoms with van der Waals surface area (Å²) in [5.41, 5.74) is 0.849. The fourth-order valence-electron chi connectivity index (χ4n) is 1.56. The van der Waals surface area contributed by atoms with Crippen molar-refractivity contribution in [3.63, 3.8) is 0 Å². The highest BCUT2D eigenvalue weighted by Gasteiger charge is 2.17. The maximum absolute atomic E-state index is 13.0. The van der Waals surface area contributed by atoms with Gasteiger partial charge in [0.25, 0.3) is 0 Å². The molecule has 6 heteroatoms. The van der Waals surface area contributed by atoms with Crippen LogP contribution in [-0.4, -0.2) is 4.98 Å². The molecule has 1 aromatic carbocycles. The number of hydrogen-bond donors (Lipinski definition) is 0. The summed E-state index contributed by atoms with van der Waals surface area (Å²) in [6, 6.07) is 4.37. The fraction of sp³-hybridized carbons (Fsp3) is 0.308. The third kappa shape index (κ3) is 3.68. The Morgan fingerprint density at radius 1 is 1.53 bits per heavy atom. The fourth-order valence-corrected chi connectivity index (χ4v) is 3.17. The minimum atomic E-state index is -0.300. The molecule has 1 aromatic heterocycles. The van der Waals surface area contributed by atoms with Crippen molar-refractivity contribution >= 4 is 38.9 Å². The molecule has 0 spiro atoms. The van der Waals surface area contributed by atoms with Gasteiger partial charge in [0, 0.05) is 5.38 Å². The third-order valence-corrected chi connectivity index (χ3v) is 4.39. The zero-order valence-electron chi connectivity index (χ0n) is 10.2. The van der Waals surface area contributed by atoms with E-state index in [1.54, 1.807) is 6.07 Å². The number of rotatable bonds is 5. The molecule has 1 heterocycles. The zero-order valence-corrected chi connectivity index (χ0v) is 13.4. The lowest BCUT2D eigenvalue weighted by Crippen LogP contribution is -2.06. The van der Waals surface area contributed by atoms with Crippen molar-refractivity contribution in [1.29, 1.82) is 0 Å². The van der Waals surface area contributed by atoms with E-state index in [0.717, 1.165) is 17.1 Å². The summed E-state index contributed by atoms with van der Waals surface area (Å²) >= 11 is 10.6. The molecular formula is C13H12BrClFNOS. The normalized spacial score (nSPS) is 12.4. The quantitative estimate of drug-likeness (QED) is 0.670. The summed E-state index contributed by atoms with van der Waals surface area (Å²) in [5, 5.41) is 2.81. The largest absolute Gasteiger partial charge is 0.482 e. The number of halogens is 3. The Balaban J connectivity index is 2.18. The van der Waals surface area contributed by atoms with Gasteiger partial charge in [0.1, 0.15) is 22.7 Å². The van der Waals surface area contributed by atoms with E-state index in [-0.39, 0.29) is 11.9 Å². The van der Waals surface area contributed by atoms with E-state index in [4.69, 9.17) is 16.3 Å². The highest BCUT2D eigenvalue weighted by molar-refractivity contribution is 9.10. The van der Waals surface area contributed by atoms with Crippen LogP contribution >= 0.6 is 38.9 Å². The summed E-state index contributed by atoms with van der Waals surface area (Å²) in [7, 11) is 0. The molecule has 0 radical (unpaired) electrons. The molecule has 0 fully saturated rings. The average Bonchev–Trinajstić information content (AvgIpc) is 2.86. The average molecular weight is 365 g/mol. The molecule has 1 atom stereocenters. The second-order valence-corrected chi connectivity index (χ2v) is 5.91. The van der Waals surface area contributed by atoms with Crippen molar-refractivity contribution < 1.29 is 9.13 Å². The number of hydrogen-bond acceptors (Lipinski definition) is 3. The summed E-state index contributed by atoms with van der Waals surface area (Å²) in [6.07, 6.45) is 0.628. The van der Waals surface area contributed by atoms with Crippen molar-refractivity contribution in [3.05, 3.63) is 44.6 Å². The molecule has 0 amide bonds. The SMILES string of the molecule is CCC(Oc1ccc(F)cc1Br)c1nc(CCl)cs1. The molecule has 2 rings (SSSR count). The van der Waals surface area contributed by atoms with Gasteiger partial charge in [-0.3, -0.25) is 0 Å². The van der Waals surface area contributed by atoms with Gasteiger partial charge in [-0.25, -0.2) is 9.37 Å². The summed E-state index contributed by atoms with van der Waals surface area (Å²) < 4.78 is 19.5. The number of ether oxygens (including phenoxy) is 1. The van der Waals surface area contributed by atoms with Crippen LogP contribution in [0, 0.1) is 5.82 Å². The summed E-state index contributed by atoms with van der Waals surface area (Å²) in [4.78, 5) is 4.42. The molecule has 19 heavy (non-hydrogen) atoms. The van der Waals surface area contributed by atoms with E-state index in [1.165, 1.54) is 23.5 Å². The molecule has 0 aliphatic heterocycles. The standard InChI is InChI=1S/C13H12BrClFNOS/c1-2-11(13-17-9(6-15)7-19-13)18-12-4-3-8(16)5-10(12)14/h3-5,7,11H,2,6H2,1H3. The molecular weight excluding hydrogens is 353 g/mol. The summed E-state index contributed by atoms with van der Waals surface area (Å²) in [6.45, 7) is 2.02. The van der Waals surface area contributed by atoms with Gasteiger partial charge in [-0.2, -0.15) is 0 Å². The Bertz CT molecular complexity index is 563. The maximum atomic E-state index is 13.0. The molecule has 102 valence electrons. The van der Waals surface area contributed by atoms with Crippen LogP contribution in [0.15, 0.2) is 28.1 Å². The van der Waals surface area contributed by atoms with Crippen LogP contribution in [0.5, 0.6) is 5.75 Å². The minimum Gasteiger partial charge on any atom is -0.482 e. The van der Waals surface area contributed by atoms with Gasteiger partial charge < -0.3 is 4.74 Å². The molecule has 0 aliphatic carbocycles. The van der Waals surface area contributed by atoms with Gasteiger partial charge in [0.15, 0.2) is 0 Å². The van der Waals surface area contributed by atoms with Crippen molar-refractivity contribution in [2.75, 3.05) is 0 Å². The van der Waals surface area contributed by atoms with Crippen molar-refractivity contribution in [2.45, 2.75) is 25.3 Å². The predicted molar refractivity (Wildman–Crippen MR) is 79.4 cm³/mol. The molecule has 2 aromatic rings. The van der Waals surface area contributed by atoms with E-state index in [9.17, 15) is 4.39 Å². The lowest BCUT2D eigenvalue weighted by atomic mass is 10.2. The van der Waals surface area contributed by atoms with Crippen LogP contribution in [0.1, 0.15) is 30.2 Å². The Labute approximate surface area is 128 Å². The topological polar surface area (TPSA) is 22.1 Å².